The van der Waals surface area contributed by atoms with Crippen molar-refractivity contribution in [1.29, 1.82) is 0 Å². The maximum Gasteiger partial charge on any atom is 0.252 e. The summed E-state index contributed by atoms with van der Waals surface area (Å²) in [7, 11) is 3.97. The van der Waals surface area contributed by atoms with Gasteiger partial charge in [0.1, 0.15) is 0 Å². The van der Waals surface area contributed by atoms with Crippen molar-refractivity contribution >= 4 is 11.6 Å². The average Bonchev–Trinajstić information content (AvgIpc) is 2.67. The second kappa shape index (κ2) is 8.09. The normalized spacial score (nSPS) is 14.8. The highest BCUT2D eigenvalue weighted by Crippen LogP contribution is 2.28. The van der Waals surface area contributed by atoms with Crippen molar-refractivity contribution in [3.8, 4) is 0 Å². The van der Waals surface area contributed by atoms with E-state index in [1.54, 1.807) is 0 Å². The lowest BCUT2D eigenvalue weighted by Crippen LogP contribution is -2.30. The van der Waals surface area contributed by atoms with Crippen LogP contribution in [-0.4, -0.2) is 26.6 Å². The summed E-state index contributed by atoms with van der Waals surface area (Å²) in [4.78, 5) is 14.8. The molecule has 0 bridgehead atoms. The topological polar surface area (TPSA) is 41.6 Å². The molecule has 1 amide bonds. The summed E-state index contributed by atoms with van der Waals surface area (Å²) in [5, 5.41) is 3.19. The van der Waals surface area contributed by atoms with Crippen LogP contribution in [0.2, 0.25) is 0 Å². The molecule has 0 radical (unpaired) electrons. The number of hydrogen-bond donors (Lipinski definition) is 1. The zero-order valence-electron chi connectivity index (χ0n) is 15.7. The number of rotatable bonds is 5. The predicted molar refractivity (Wildman–Crippen MR) is 105 cm³/mol. The fourth-order valence-electron chi connectivity index (χ4n) is 3.07. The highest BCUT2D eigenvalue weighted by molar-refractivity contribution is 5.95. The molecule has 2 aromatic rings. The van der Waals surface area contributed by atoms with Gasteiger partial charge >= 0.3 is 0 Å². The molecule has 4 heteroatoms. The molecule has 136 valence electrons. The van der Waals surface area contributed by atoms with Crippen LogP contribution in [0.5, 0.6) is 0 Å². The molecule has 1 aliphatic heterocycles. The van der Waals surface area contributed by atoms with Gasteiger partial charge in [0.2, 0.25) is 0 Å². The Morgan fingerprint density at radius 3 is 2.35 bits per heavy atom. The van der Waals surface area contributed by atoms with Gasteiger partial charge in [0.25, 0.3) is 5.91 Å². The summed E-state index contributed by atoms with van der Waals surface area (Å²) in [5.41, 5.74) is 5.11. The zero-order chi connectivity index (χ0) is 18.5. The Morgan fingerprint density at radius 2 is 1.77 bits per heavy atom. The number of nitrogens with one attached hydrogen (secondary N) is 1. The lowest BCUT2D eigenvalue weighted by Gasteiger charge is -2.25. The lowest BCUT2D eigenvalue weighted by molar-refractivity contribution is 0.0939. The van der Waals surface area contributed by atoms with E-state index in [0.29, 0.717) is 5.56 Å². The number of carbonyl (C=O) groups is 1. The van der Waals surface area contributed by atoms with Crippen LogP contribution in [-0.2, 0) is 4.74 Å². The molecule has 0 unspecified atom stereocenters. The van der Waals surface area contributed by atoms with Gasteiger partial charge in [-0.15, -0.1) is 0 Å². The van der Waals surface area contributed by atoms with Gasteiger partial charge in [-0.05, 0) is 55.2 Å². The predicted octanol–water partition coefficient (Wildman–Crippen LogP) is 4.23. The van der Waals surface area contributed by atoms with Gasteiger partial charge in [-0.1, -0.05) is 29.8 Å². The van der Waals surface area contributed by atoms with Crippen LogP contribution >= 0.6 is 0 Å². The van der Waals surface area contributed by atoms with E-state index in [2.05, 4.69) is 36.5 Å². The maximum absolute atomic E-state index is 12.8. The number of ether oxygens (including phenoxy) is 1. The van der Waals surface area contributed by atoms with Gasteiger partial charge in [-0.2, -0.15) is 0 Å². The SMILES string of the molecule is Cc1ccc([C@H](NC(=O)c2ccc(N(C)C)cc2)C2=COCCC2)cc1. The molecule has 4 nitrogen and oxygen atoms in total. The minimum atomic E-state index is -0.170. The van der Waals surface area contributed by atoms with Gasteiger partial charge in [-0.3, -0.25) is 4.79 Å². The van der Waals surface area contributed by atoms with E-state index < -0.39 is 0 Å². The van der Waals surface area contributed by atoms with Crippen molar-refractivity contribution in [2.24, 2.45) is 0 Å². The number of carbonyl (C=O) groups excluding carboxylic acids is 1. The zero-order valence-corrected chi connectivity index (χ0v) is 15.7. The minimum absolute atomic E-state index is 0.0765. The first kappa shape index (κ1) is 18.1. The monoisotopic (exact) mass is 350 g/mol. The van der Waals surface area contributed by atoms with Crippen LogP contribution in [0.25, 0.3) is 0 Å². The summed E-state index contributed by atoms with van der Waals surface area (Å²) in [6, 6.07) is 15.8. The molecule has 1 heterocycles. The molecular weight excluding hydrogens is 324 g/mol. The standard InChI is InChI=1S/C22H26N2O2/c1-16-6-8-17(9-7-16)21(19-5-4-14-26-15-19)23-22(25)18-10-12-20(13-11-18)24(2)3/h6-13,15,21H,4-5,14H2,1-3H3,(H,23,25)/t21-/m0/s1. The number of benzene rings is 2. The van der Waals surface area contributed by atoms with Crippen LogP contribution in [0, 0.1) is 6.92 Å². The second-order valence-corrected chi connectivity index (χ2v) is 6.93. The first-order valence-electron chi connectivity index (χ1n) is 9.00. The van der Waals surface area contributed by atoms with Crippen LogP contribution in [0.3, 0.4) is 0 Å². The third kappa shape index (κ3) is 4.26. The quantitative estimate of drug-likeness (QED) is 0.877. The largest absolute Gasteiger partial charge is 0.501 e. The molecule has 0 saturated carbocycles. The van der Waals surface area contributed by atoms with E-state index in [4.69, 9.17) is 4.74 Å². The number of hydrogen-bond acceptors (Lipinski definition) is 3. The molecule has 1 aliphatic rings. The van der Waals surface area contributed by atoms with Crippen LogP contribution < -0.4 is 10.2 Å². The Bertz CT molecular complexity index is 777. The number of anilines is 1. The number of aryl methyl sites for hydroxylation is 1. The minimum Gasteiger partial charge on any atom is -0.501 e. The molecule has 0 saturated heterocycles. The third-order valence-corrected chi connectivity index (χ3v) is 4.67. The van der Waals surface area contributed by atoms with Gasteiger partial charge in [-0.25, -0.2) is 0 Å². The Hall–Kier alpha value is -2.75. The second-order valence-electron chi connectivity index (χ2n) is 6.93. The molecule has 26 heavy (non-hydrogen) atoms. The molecular formula is C22H26N2O2. The Labute approximate surface area is 155 Å². The molecule has 1 N–H and O–H groups in total. The van der Waals surface area contributed by atoms with Crippen LogP contribution in [0.4, 0.5) is 5.69 Å². The summed E-state index contributed by atoms with van der Waals surface area (Å²) in [6.07, 6.45) is 3.71. The van der Waals surface area contributed by atoms with Crippen molar-refractivity contribution < 1.29 is 9.53 Å². The summed E-state index contributed by atoms with van der Waals surface area (Å²) < 4.78 is 5.52. The van der Waals surface area contributed by atoms with Crippen LogP contribution in [0.15, 0.2) is 60.4 Å². The molecule has 3 rings (SSSR count). The lowest BCUT2D eigenvalue weighted by atomic mass is 9.94. The van der Waals surface area contributed by atoms with Crippen molar-refractivity contribution in [3.05, 3.63) is 77.1 Å². The first-order valence-corrected chi connectivity index (χ1v) is 9.00. The van der Waals surface area contributed by atoms with Gasteiger partial charge in [0.05, 0.1) is 18.9 Å². The van der Waals surface area contributed by atoms with E-state index in [1.165, 1.54) is 5.56 Å². The van der Waals surface area contributed by atoms with Gasteiger partial charge in [0.15, 0.2) is 0 Å². The first-order chi connectivity index (χ1) is 12.5. The van der Waals surface area contributed by atoms with Crippen molar-refractivity contribution in [3.63, 3.8) is 0 Å². The highest BCUT2D eigenvalue weighted by Gasteiger charge is 2.22. The Kier molecular flexibility index (Phi) is 5.61. The molecule has 1 atom stereocenters. The van der Waals surface area contributed by atoms with Crippen molar-refractivity contribution in [1.82, 2.24) is 5.32 Å². The van der Waals surface area contributed by atoms with Gasteiger partial charge in [0, 0.05) is 25.3 Å². The van der Waals surface area contributed by atoms with E-state index in [0.717, 1.165) is 36.3 Å². The summed E-state index contributed by atoms with van der Waals surface area (Å²) >= 11 is 0. The molecule has 0 fully saturated rings. The molecule has 0 aromatic heterocycles. The summed E-state index contributed by atoms with van der Waals surface area (Å²) in [6.45, 7) is 2.80. The summed E-state index contributed by atoms with van der Waals surface area (Å²) in [5.74, 6) is -0.0765. The number of amides is 1. The van der Waals surface area contributed by atoms with E-state index in [1.807, 2.05) is 49.5 Å². The molecule has 0 spiro atoms. The van der Waals surface area contributed by atoms with Crippen molar-refractivity contribution in [2.75, 3.05) is 25.6 Å². The fourth-order valence-corrected chi connectivity index (χ4v) is 3.07. The average molecular weight is 350 g/mol. The molecule has 0 aliphatic carbocycles. The third-order valence-electron chi connectivity index (χ3n) is 4.67. The maximum atomic E-state index is 12.8. The molecule has 2 aromatic carbocycles. The van der Waals surface area contributed by atoms with E-state index >= 15 is 0 Å². The van der Waals surface area contributed by atoms with Crippen LogP contribution in [0.1, 0.15) is 40.4 Å². The number of nitrogens with zero attached hydrogens (tertiary/aromatic N) is 1. The highest BCUT2D eigenvalue weighted by atomic mass is 16.5. The Balaban J connectivity index is 1.83. The smallest absolute Gasteiger partial charge is 0.252 e. The van der Waals surface area contributed by atoms with E-state index in [-0.39, 0.29) is 11.9 Å². The Morgan fingerprint density at radius 1 is 1.08 bits per heavy atom. The van der Waals surface area contributed by atoms with Gasteiger partial charge < -0.3 is 15.0 Å². The van der Waals surface area contributed by atoms with E-state index in [9.17, 15) is 4.79 Å². The fraction of sp³-hybridized carbons (Fsp3) is 0.318. The van der Waals surface area contributed by atoms with Crippen molar-refractivity contribution in [2.45, 2.75) is 25.8 Å².